The van der Waals surface area contributed by atoms with Crippen molar-refractivity contribution in [2.75, 3.05) is 5.75 Å². The summed E-state index contributed by atoms with van der Waals surface area (Å²) < 4.78 is 0. The van der Waals surface area contributed by atoms with E-state index in [1.165, 1.54) is 11.8 Å². The minimum absolute atomic E-state index is 0.0911. The Morgan fingerprint density at radius 3 is 2.68 bits per heavy atom. The Morgan fingerprint density at radius 1 is 1.27 bits per heavy atom. The van der Waals surface area contributed by atoms with Gasteiger partial charge in [0.05, 0.1) is 11.4 Å². The first-order chi connectivity index (χ1) is 10.6. The van der Waals surface area contributed by atoms with Crippen molar-refractivity contribution in [3.8, 4) is 6.07 Å². The van der Waals surface area contributed by atoms with E-state index < -0.39 is 0 Å². The Bertz CT molecular complexity index is 710. The van der Waals surface area contributed by atoms with Gasteiger partial charge < -0.3 is 5.32 Å². The van der Waals surface area contributed by atoms with Crippen LogP contribution in [-0.4, -0.2) is 21.6 Å². The number of aryl methyl sites for hydroxylation is 2. The van der Waals surface area contributed by atoms with Crippen molar-refractivity contribution >= 4 is 17.7 Å². The van der Waals surface area contributed by atoms with Crippen molar-refractivity contribution < 1.29 is 4.79 Å². The number of amides is 1. The molecule has 1 amide bonds. The standard InChI is InChI=1S/C16H16N4OS/c1-11-14(8-17)16(20-12(2)19-11)22-10-15(21)18-9-13-6-4-3-5-7-13/h3-7H,9-10H2,1-2H3,(H,18,21). The number of hydrogen-bond acceptors (Lipinski definition) is 5. The Labute approximate surface area is 133 Å². The largest absolute Gasteiger partial charge is 0.351 e. The first kappa shape index (κ1) is 16.0. The molecule has 2 rings (SSSR count). The Morgan fingerprint density at radius 2 is 2.00 bits per heavy atom. The van der Waals surface area contributed by atoms with Crippen LogP contribution in [0.2, 0.25) is 0 Å². The lowest BCUT2D eigenvalue weighted by Crippen LogP contribution is -2.24. The number of rotatable bonds is 5. The molecule has 1 aromatic heterocycles. The van der Waals surface area contributed by atoms with Crippen molar-refractivity contribution in [2.24, 2.45) is 0 Å². The number of carbonyl (C=O) groups is 1. The van der Waals surface area contributed by atoms with Gasteiger partial charge in [-0.05, 0) is 19.4 Å². The molecule has 0 saturated heterocycles. The third-order valence-corrected chi connectivity index (χ3v) is 3.93. The summed E-state index contributed by atoms with van der Waals surface area (Å²) in [5, 5.41) is 12.6. The predicted octanol–water partition coefficient (Wildman–Crippen LogP) is 2.37. The van der Waals surface area contributed by atoms with Crippen LogP contribution in [0.1, 0.15) is 22.6 Å². The van der Waals surface area contributed by atoms with E-state index in [0.717, 1.165) is 5.56 Å². The molecule has 0 aliphatic carbocycles. The lowest BCUT2D eigenvalue weighted by atomic mass is 10.2. The summed E-state index contributed by atoms with van der Waals surface area (Å²) in [7, 11) is 0. The summed E-state index contributed by atoms with van der Waals surface area (Å²) in [5.74, 6) is 0.729. The first-order valence-electron chi connectivity index (χ1n) is 6.79. The third-order valence-electron chi connectivity index (χ3n) is 2.95. The summed E-state index contributed by atoms with van der Waals surface area (Å²) in [6, 6.07) is 11.8. The molecule has 0 fully saturated rings. The lowest BCUT2D eigenvalue weighted by Gasteiger charge is -2.07. The summed E-state index contributed by atoms with van der Waals surface area (Å²) >= 11 is 1.26. The molecule has 2 aromatic rings. The summed E-state index contributed by atoms with van der Waals surface area (Å²) in [6.07, 6.45) is 0. The van der Waals surface area contributed by atoms with Gasteiger partial charge in [0.1, 0.15) is 22.5 Å². The summed E-state index contributed by atoms with van der Waals surface area (Å²) in [5.41, 5.74) is 2.13. The molecule has 0 bridgehead atoms. The van der Waals surface area contributed by atoms with Crippen LogP contribution >= 0.6 is 11.8 Å². The molecule has 1 heterocycles. The number of benzene rings is 1. The monoisotopic (exact) mass is 312 g/mol. The van der Waals surface area contributed by atoms with Gasteiger partial charge in [0.15, 0.2) is 0 Å². The third kappa shape index (κ3) is 4.30. The Balaban J connectivity index is 1.93. The van der Waals surface area contributed by atoms with E-state index in [-0.39, 0.29) is 11.7 Å². The van der Waals surface area contributed by atoms with E-state index in [1.54, 1.807) is 13.8 Å². The Kier molecular flexibility index (Phi) is 5.50. The maximum atomic E-state index is 11.9. The average molecular weight is 312 g/mol. The van der Waals surface area contributed by atoms with Gasteiger partial charge in [-0.2, -0.15) is 5.26 Å². The van der Waals surface area contributed by atoms with E-state index >= 15 is 0 Å². The zero-order valence-corrected chi connectivity index (χ0v) is 13.3. The molecule has 0 aliphatic rings. The molecule has 0 spiro atoms. The molecular weight excluding hydrogens is 296 g/mol. The summed E-state index contributed by atoms with van der Waals surface area (Å²) in [6.45, 7) is 4.04. The lowest BCUT2D eigenvalue weighted by molar-refractivity contribution is -0.118. The van der Waals surface area contributed by atoms with Gasteiger partial charge in [-0.1, -0.05) is 42.1 Å². The van der Waals surface area contributed by atoms with Gasteiger partial charge in [-0.3, -0.25) is 4.79 Å². The maximum Gasteiger partial charge on any atom is 0.230 e. The highest BCUT2D eigenvalue weighted by atomic mass is 32.2. The zero-order chi connectivity index (χ0) is 15.9. The molecule has 0 unspecified atom stereocenters. The van der Waals surface area contributed by atoms with Crippen LogP contribution in [0.3, 0.4) is 0 Å². The van der Waals surface area contributed by atoms with Crippen LogP contribution in [0, 0.1) is 25.2 Å². The molecule has 1 N–H and O–H groups in total. The second-order valence-corrected chi connectivity index (χ2v) is 5.66. The highest BCUT2D eigenvalue weighted by Gasteiger charge is 2.12. The fraction of sp³-hybridized carbons (Fsp3) is 0.250. The SMILES string of the molecule is Cc1nc(C)c(C#N)c(SCC(=O)NCc2ccccc2)n1. The van der Waals surface area contributed by atoms with Crippen molar-refractivity contribution in [2.45, 2.75) is 25.4 Å². The molecule has 5 nitrogen and oxygen atoms in total. The Hall–Kier alpha value is -2.39. The quantitative estimate of drug-likeness (QED) is 0.677. The second kappa shape index (κ2) is 7.57. The van der Waals surface area contributed by atoms with E-state index in [1.807, 2.05) is 30.3 Å². The maximum absolute atomic E-state index is 11.9. The topological polar surface area (TPSA) is 78.7 Å². The predicted molar refractivity (Wildman–Crippen MR) is 85.2 cm³/mol. The second-order valence-electron chi connectivity index (χ2n) is 4.70. The minimum atomic E-state index is -0.0911. The van der Waals surface area contributed by atoms with Crippen molar-refractivity contribution in [1.82, 2.24) is 15.3 Å². The van der Waals surface area contributed by atoms with Crippen LogP contribution in [0.4, 0.5) is 0 Å². The van der Waals surface area contributed by atoms with Gasteiger partial charge in [0, 0.05) is 6.54 Å². The number of nitrogens with one attached hydrogen (secondary N) is 1. The van der Waals surface area contributed by atoms with Crippen LogP contribution < -0.4 is 5.32 Å². The van der Waals surface area contributed by atoms with Gasteiger partial charge >= 0.3 is 0 Å². The van der Waals surface area contributed by atoms with E-state index in [4.69, 9.17) is 5.26 Å². The number of aromatic nitrogens is 2. The normalized spacial score (nSPS) is 10.0. The van der Waals surface area contributed by atoms with Crippen LogP contribution in [-0.2, 0) is 11.3 Å². The molecule has 0 radical (unpaired) electrons. The van der Waals surface area contributed by atoms with Crippen molar-refractivity contribution in [1.29, 1.82) is 5.26 Å². The number of carbonyl (C=O) groups excluding carboxylic acids is 1. The first-order valence-corrected chi connectivity index (χ1v) is 7.77. The number of nitrogens with zero attached hydrogens (tertiary/aromatic N) is 3. The van der Waals surface area contributed by atoms with E-state index in [9.17, 15) is 4.79 Å². The van der Waals surface area contributed by atoms with Crippen LogP contribution in [0.15, 0.2) is 35.4 Å². The van der Waals surface area contributed by atoms with Gasteiger partial charge in [0.2, 0.25) is 5.91 Å². The molecule has 1 aromatic carbocycles. The van der Waals surface area contributed by atoms with Crippen LogP contribution in [0.5, 0.6) is 0 Å². The molecular formula is C16H16N4OS. The highest BCUT2D eigenvalue weighted by Crippen LogP contribution is 2.21. The number of thioether (sulfide) groups is 1. The van der Waals surface area contributed by atoms with E-state index in [0.29, 0.717) is 28.7 Å². The van der Waals surface area contributed by atoms with Gasteiger partial charge in [-0.15, -0.1) is 0 Å². The number of nitriles is 1. The van der Waals surface area contributed by atoms with Crippen molar-refractivity contribution in [3.63, 3.8) is 0 Å². The minimum Gasteiger partial charge on any atom is -0.351 e. The molecule has 112 valence electrons. The highest BCUT2D eigenvalue weighted by molar-refractivity contribution is 8.00. The van der Waals surface area contributed by atoms with Gasteiger partial charge in [0.25, 0.3) is 0 Å². The molecule has 22 heavy (non-hydrogen) atoms. The van der Waals surface area contributed by atoms with Gasteiger partial charge in [-0.25, -0.2) is 9.97 Å². The molecule has 0 atom stereocenters. The molecule has 0 aliphatic heterocycles. The molecule has 0 saturated carbocycles. The van der Waals surface area contributed by atoms with Crippen LogP contribution in [0.25, 0.3) is 0 Å². The fourth-order valence-electron chi connectivity index (χ4n) is 1.90. The smallest absolute Gasteiger partial charge is 0.230 e. The van der Waals surface area contributed by atoms with Crippen molar-refractivity contribution in [3.05, 3.63) is 53.0 Å². The number of hydrogen-bond donors (Lipinski definition) is 1. The average Bonchev–Trinajstić information content (AvgIpc) is 2.51. The zero-order valence-electron chi connectivity index (χ0n) is 12.5. The fourth-order valence-corrected chi connectivity index (χ4v) is 2.80. The summed E-state index contributed by atoms with van der Waals surface area (Å²) in [4.78, 5) is 20.3. The molecule has 6 heteroatoms. The van der Waals surface area contributed by atoms with E-state index in [2.05, 4.69) is 21.4 Å².